The molecule has 0 fully saturated rings. The number of rotatable bonds is 9. The molecule has 0 bridgehead atoms. The van der Waals surface area contributed by atoms with Crippen LogP contribution in [0.4, 0.5) is 14.5 Å². The minimum absolute atomic E-state index is 0.0359. The van der Waals surface area contributed by atoms with Gasteiger partial charge >= 0.3 is 0 Å². The predicted octanol–water partition coefficient (Wildman–Crippen LogP) is 3.44. The molecule has 2 rings (SSSR count). The Kier molecular flexibility index (Phi) is 8.96. The van der Waals surface area contributed by atoms with E-state index in [0.29, 0.717) is 10.4 Å². The quantitative estimate of drug-likeness (QED) is 0.523. The second kappa shape index (κ2) is 11.1. The van der Waals surface area contributed by atoms with Gasteiger partial charge in [-0.2, -0.15) is 0 Å². The zero-order valence-electron chi connectivity index (χ0n) is 18.7. The number of amides is 2. The molecule has 0 unspecified atom stereocenters. The molecule has 2 aromatic rings. The smallest absolute Gasteiger partial charge is 0.244 e. The molecule has 33 heavy (non-hydrogen) atoms. The van der Waals surface area contributed by atoms with Crippen LogP contribution in [0.1, 0.15) is 26.3 Å². The molecule has 1 N–H and O–H groups in total. The Morgan fingerprint density at radius 2 is 1.64 bits per heavy atom. The molecule has 0 aliphatic rings. The summed E-state index contributed by atoms with van der Waals surface area (Å²) >= 11 is 3.34. The lowest BCUT2D eigenvalue weighted by Crippen LogP contribution is -2.52. The number of hydrogen-bond donors (Lipinski definition) is 1. The number of halogens is 3. The maximum Gasteiger partial charge on any atom is 0.244 e. The molecule has 0 saturated carbocycles. The summed E-state index contributed by atoms with van der Waals surface area (Å²) in [7, 11) is -4.03. The van der Waals surface area contributed by atoms with Gasteiger partial charge in [-0.05, 0) is 50.6 Å². The molecular weight excluding hydrogens is 520 g/mol. The highest BCUT2D eigenvalue weighted by molar-refractivity contribution is 9.10. The molecular formula is C22H26BrF2N3O4S. The fraction of sp³-hybridized carbons (Fsp3) is 0.364. The Labute approximate surface area is 200 Å². The first-order valence-corrected chi connectivity index (χ1v) is 12.7. The molecule has 0 aromatic heterocycles. The molecule has 0 aliphatic heterocycles. The highest BCUT2D eigenvalue weighted by Gasteiger charge is 2.30. The van der Waals surface area contributed by atoms with E-state index in [1.54, 1.807) is 38.1 Å². The van der Waals surface area contributed by atoms with E-state index in [-0.39, 0.29) is 18.3 Å². The monoisotopic (exact) mass is 545 g/mol. The van der Waals surface area contributed by atoms with Crippen LogP contribution in [0.25, 0.3) is 0 Å². The van der Waals surface area contributed by atoms with Crippen molar-refractivity contribution in [3.63, 3.8) is 0 Å². The molecule has 1 atom stereocenters. The van der Waals surface area contributed by atoms with Crippen molar-refractivity contribution in [2.45, 2.75) is 39.4 Å². The lowest BCUT2D eigenvalue weighted by atomic mass is 10.1. The summed E-state index contributed by atoms with van der Waals surface area (Å²) in [6, 6.07) is 8.56. The molecule has 0 radical (unpaired) electrons. The Bertz CT molecular complexity index is 1110. The minimum atomic E-state index is -4.03. The number of carbonyl (C=O) groups is 2. The number of carbonyl (C=O) groups excluding carboxylic acids is 2. The van der Waals surface area contributed by atoms with Crippen LogP contribution < -0.4 is 9.62 Å². The first kappa shape index (κ1) is 26.7. The Balaban J connectivity index is 2.40. The first-order valence-electron chi connectivity index (χ1n) is 10.1. The molecule has 0 heterocycles. The van der Waals surface area contributed by atoms with Gasteiger partial charge in [0.05, 0.1) is 11.9 Å². The van der Waals surface area contributed by atoms with Crippen molar-refractivity contribution in [2.75, 3.05) is 17.1 Å². The second-order valence-electron chi connectivity index (χ2n) is 7.86. The van der Waals surface area contributed by atoms with E-state index in [2.05, 4.69) is 21.2 Å². The summed E-state index contributed by atoms with van der Waals surface area (Å²) in [5.74, 6) is -3.48. The van der Waals surface area contributed by atoms with Crippen LogP contribution in [0.3, 0.4) is 0 Å². The van der Waals surface area contributed by atoms with Crippen molar-refractivity contribution in [1.29, 1.82) is 0 Å². The topological polar surface area (TPSA) is 86.8 Å². The molecule has 2 aromatic carbocycles. The maximum atomic E-state index is 13.8. The van der Waals surface area contributed by atoms with Gasteiger partial charge in [-0.1, -0.05) is 28.1 Å². The second-order valence-corrected chi connectivity index (χ2v) is 10.7. The number of nitrogens with one attached hydrogen (secondary N) is 1. The Hall–Kier alpha value is -2.53. The van der Waals surface area contributed by atoms with Crippen molar-refractivity contribution in [3.8, 4) is 0 Å². The third-order valence-electron chi connectivity index (χ3n) is 4.73. The summed E-state index contributed by atoms with van der Waals surface area (Å²) in [6.45, 7) is 4.44. The molecule has 180 valence electrons. The van der Waals surface area contributed by atoms with E-state index >= 15 is 0 Å². The number of anilines is 1. The largest absolute Gasteiger partial charge is 0.352 e. The van der Waals surface area contributed by atoms with Crippen molar-refractivity contribution >= 4 is 43.5 Å². The van der Waals surface area contributed by atoms with Crippen LogP contribution in [0.5, 0.6) is 0 Å². The molecule has 0 aliphatic carbocycles. The van der Waals surface area contributed by atoms with Crippen LogP contribution >= 0.6 is 15.9 Å². The summed E-state index contributed by atoms with van der Waals surface area (Å²) in [5, 5.41) is 2.74. The SMILES string of the molecule is CC(C)NC(=O)[C@@H](C)N(Cc1ccc(Br)cc1)C(=O)CN(c1ccc(F)c(F)c1)S(C)(=O)=O. The molecule has 11 heteroatoms. The molecule has 0 spiro atoms. The number of hydrogen-bond acceptors (Lipinski definition) is 4. The van der Waals surface area contributed by atoms with Crippen molar-refractivity contribution in [3.05, 3.63) is 64.1 Å². The van der Waals surface area contributed by atoms with Crippen LogP contribution in [-0.2, 0) is 26.2 Å². The maximum absolute atomic E-state index is 13.8. The normalized spacial score (nSPS) is 12.4. The highest BCUT2D eigenvalue weighted by Crippen LogP contribution is 2.22. The summed E-state index contributed by atoms with van der Waals surface area (Å²) in [6.07, 6.45) is 0.857. The zero-order chi connectivity index (χ0) is 24.9. The van der Waals surface area contributed by atoms with Crippen LogP contribution in [-0.4, -0.2) is 50.0 Å². The highest BCUT2D eigenvalue weighted by atomic mass is 79.9. The van der Waals surface area contributed by atoms with Gasteiger partial charge in [-0.15, -0.1) is 0 Å². The lowest BCUT2D eigenvalue weighted by molar-refractivity contribution is -0.139. The van der Waals surface area contributed by atoms with Crippen molar-refractivity contribution < 1.29 is 26.8 Å². The minimum Gasteiger partial charge on any atom is -0.352 e. The fourth-order valence-corrected chi connectivity index (χ4v) is 4.13. The summed E-state index contributed by atoms with van der Waals surface area (Å²) in [4.78, 5) is 27.2. The number of benzene rings is 2. The van der Waals surface area contributed by atoms with Crippen LogP contribution in [0, 0.1) is 11.6 Å². The van der Waals surface area contributed by atoms with Crippen molar-refractivity contribution in [2.24, 2.45) is 0 Å². The standard InChI is InChI=1S/C22H26BrF2N3O4S/c1-14(2)26-22(30)15(3)27(12-16-5-7-17(23)8-6-16)21(29)13-28(33(4,31)32)18-9-10-19(24)20(25)11-18/h5-11,14-15H,12-13H2,1-4H3,(H,26,30)/t15-/m1/s1. The van der Waals surface area contributed by atoms with Crippen molar-refractivity contribution in [1.82, 2.24) is 10.2 Å². The number of sulfonamides is 1. The van der Waals surface area contributed by atoms with E-state index in [9.17, 15) is 26.8 Å². The van der Waals surface area contributed by atoms with Gasteiger partial charge in [0.1, 0.15) is 12.6 Å². The van der Waals surface area contributed by atoms with E-state index in [4.69, 9.17) is 0 Å². The van der Waals surface area contributed by atoms with E-state index in [1.807, 2.05) is 0 Å². The van der Waals surface area contributed by atoms with Gasteiger partial charge in [0.15, 0.2) is 11.6 Å². The van der Waals surface area contributed by atoms with E-state index in [1.165, 1.54) is 11.8 Å². The third kappa shape index (κ3) is 7.50. The molecule has 7 nitrogen and oxygen atoms in total. The van der Waals surface area contributed by atoms with Crippen LogP contribution in [0.15, 0.2) is 46.9 Å². The average Bonchev–Trinajstić information content (AvgIpc) is 2.71. The predicted molar refractivity (Wildman–Crippen MR) is 126 cm³/mol. The van der Waals surface area contributed by atoms with Gasteiger partial charge in [-0.25, -0.2) is 17.2 Å². The van der Waals surface area contributed by atoms with Gasteiger partial charge in [0, 0.05) is 23.1 Å². The molecule has 2 amide bonds. The van der Waals surface area contributed by atoms with Gasteiger partial charge in [-0.3, -0.25) is 13.9 Å². The lowest BCUT2D eigenvalue weighted by Gasteiger charge is -2.32. The average molecular weight is 546 g/mol. The Morgan fingerprint density at radius 1 is 1.03 bits per heavy atom. The first-order chi connectivity index (χ1) is 15.3. The summed E-state index contributed by atoms with van der Waals surface area (Å²) in [5.41, 5.74) is 0.516. The zero-order valence-corrected chi connectivity index (χ0v) is 21.1. The van der Waals surface area contributed by atoms with Gasteiger partial charge in [0.2, 0.25) is 21.8 Å². The summed E-state index contributed by atoms with van der Waals surface area (Å²) < 4.78 is 53.4. The van der Waals surface area contributed by atoms with Crippen LogP contribution in [0.2, 0.25) is 0 Å². The molecule has 0 saturated heterocycles. The number of nitrogens with zero attached hydrogens (tertiary/aromatic N) is 2. The van der Waals surface area contributed by atoms with Gasteiger partial charge < -0.3 is 10.2 Å². The fourth-order valence-electron chi connectivity index (χ4n) is 3.03. The van der Waals surface area contributed by atoms with E-state index in [0.717, 1.165) is 28.4 Å². The Morgan fingerprint density at radius 3 is 2.15 bits per heavy atom. The third-order valence-corrected chi connectivity index (χ3v) is 6.40. The van der Waals surface area contributed by atoms with E-state index < -0.39 is 46.1 Å². The van der Waals surface area contributed by atoms with Gasteiger partial charge in [0.25, 0.3) is 0 Å².